The summed E-state index contributed by atoms with van der Waals surface area (Å²) in [6.45, 7) is 0.677. The zero-order valence-corrected chi connectivity index (χ0v) is 14.7. The number of non-ortho nitro benzene ring substituents is 1. The molecule has 1 aliphatic rings. The highest BCUT2D eigenvalue weighted by atomic mass is 16.6. The molecule has 3 heterocycles. The van der Waals surface area contributed by atoms with Crippen molar-refractivity contribution in [3.63, 3.8) is 0 Å². The minimum atomic E-state index is -0.367. The highest BCUT2D eigenvalue weighted by molar-refractivity contribution is 5.77. The normalized spacial score (nSPS) is 13.2. The fourth-order valence-electron chi connectivity index (χ4n) is 3.38. The molecule has 0 spiro atoms. The maximum atomic E-state index is 11.2. The summed E-state index contributed by atoms with van der Waals surface area (Å²) in [6, 6.07) is 12.6. The van der Waals surface area contributed by atoms with Gasteiger partial charge in [-0.1, -0.05) is 12.1 Å². The van der Waals surface area contributed by atoms with Crippen molar-refractivity contribution in [3.05, 3.63) is 88.0 Å². The van der Waals surface area contributed by atoms with Crippen LogP contribution in [0, 0.1) is 10.1 Å². The number of nitro groups is 1. The quantitative estimate of drug-likeness (QED) is 0.449. The van der Waals surface area contributed by atoms with E-state index in [1.807, 2.05) is 24.3 Å². The van der Waals surface area contributed by atoms with E-state index >= 15 is 0 Å². The molecule has 0 atom stereocenters. The Morgan fingerprint density at radius 2 is 2.11 bits per heavy atom. The van der Waals surface area contributed by atoms with Crippen LogP contribution >= 0.6 is 0 Å². The number of hydrogen-bond donors (Lipinski definition) is 0. The van der Waals surface area contributed by atoms with E-state index in [0.29, 0.717) is 6.54 Å². The molecule has 2 aromatic heterocycles. The monoisotopic (exact) mass is 361 g/mol. The molecule has 1 aromatic carbocycles. The minimum Gasteiger partial charge on any atom is -0.472 e. The van der Waals surface area contributed by atoms with Gasteiger partial charge in [-0.3, -0.25) is 10.1 Å². The van der Waals surface area contributed by atoms with Gasteiger partial charge in [0, 0.05) is 36.1 Å². The third kappa shape index (κ3) is 3.74. The molecule has 0 radical (unpaired) electrons. The van der Waals surface area contributed by atoms with E-state index in [-0.39, 0.29) is 10.6 Å². The fraction of sp³-hybridized carbons (Fsp3) is 0.190. The lowest BCUT2D eigenvalue weighted by Gasteiger charge is -2.30. The minimum absolute atomic E-state index is 0.0843. The predicted molar refractivity (Wildman–Crippen MR) is 104 cm³/mol. The molecule has 0 aliphatic carbocycles. The van der Waals surface area contributed by atoms with Crippen molar-refractivity contribution in [3.8, 4) is 0 Å². The van der Waals surface area contributed by atoms with Gasteiger partial charge in [0.05, 0.1) is 17.4 Å². The molecule has 0 fully saturated rings. The van der Waals surface area contributed by atoms with Gasteiger partial charge in [0.15, 0.2) is 0 Å². The van der Waals surface area contributed by atoms with Crippen LogP contribution in [0.1, 0.15) is 24.0 Å². The lowest BCUT2D eigenvalue weighted by molar-refractivity contribution is -0.384. The van der Waals surface area contributed by atoms with Crippen LogP contribution in [0.2, 0.25) is 0 Å². The molecule has 4 rings (SSSR count). The average molecular weight is 361 g/mol. The summed E-state index contributed by atoms with van der Waals surface area (Å²) < 4.78 is 5.12. The molecular weight excluding hydrogens is 342 g/mol. The van der Waals surface area contributed by atoms with Crippen molar-refractivity contribution in [2.24, 2.45) is 0 Å². The van der Waals surface area contributed by atoms with Gasteiger partial charge in [-0.05, 0) is 54.7 Å². The first-order valence-electron chi connectivity index (χ1n) is 8.88. The standard InChI is InChI=1S/C21H19N3O3/c25-24(26)20-8-2-7-19(13-20)23-14-17(5-1-4-16-9-11-27-15-16)12-18-6-3-10-22-21(18)23/h2-3,6-13,15H,1,4-5,14H2. The molecule has 6 heteroatoms. The number of anilines is 2. The maximum absolute atomic E-state index is 11.2. The number of pyridine rings is 1. The number of furan rings is 1. The summed E-state index contributed by atoms with van der Waals surface area (Å²) in [5, 5.41) is 11.2. The van der Waals surface area contributed by atoms with Crippen molar-refractivity contribution < 1.29 is 9.34 Å². The number of nitro benzene ring substituents is 1. The molecule has 27 heavy (non-hydrogen) atoms. The van der Waals surface area contributed by atoms with E-state index in [0.717, 1.165) is 36.3 Å². The summed E-state index contributed by atoms with van der Waals surface area (Å²) in [4.78, 5) is 17.3. The van der Waals surface area contributed by atoms with E-state index in [1.165, 1.54) is 17.2 Å². The summed E-state index contributed by atoms with van der Waals surface area (Å²) in [6.07, 6.45) is 10.3. The van der Waals surface area contributed by atoms with Crippen molar-refractivity contribution in [2.75, 3.05) is 11.4 Å². The van der Waals surface area contributed by atoms with E-state index in [2.05, 4.69) is 16.0 Å². The summed E-state index contributed by atoms with van der Waals surface area (Å²) in [5.41, 5.74) is 4.38. The second kappa shape index (κ2) is 7.45. The van der Waals surface area contributed by atoms with Crippen LogP contribution in [0.3, 0.4) is 0 Å². The average Bonchev–Trinajstić information content (AvgIpc) is 3.21. The van der Waals surface area contributed by atoms with Crippen LogP contribution in [-0.4, -0.2) is 16.5 Å². The largest absolute Gasteiger partial charge is 0.472 e. The second-order valence-corrected chi connectivity index (χ2v) is 6.57. The first kappa shape index (κ1) is 17.0. The van der Waals surface area contributed by atoms with Crippen LogP contribution in [0.5, 0.6) is 0 Å². The molecule has 0 unspecified atom stereocenters. The van der Waals surface area contributed by atoms with Gasteiger partial charge in [-0.2, -0.15) is 0 Å². The van der Waals surface area contributed by atoms with Gasteiger partial charge < -0.3 is 9.32 Å². The molecule has 0 saturated heterocycles. The molecule has 0 N–H and O–H groups in total. The summed E-state index contributed by atoms with van der Waals surface area (Å²) in [7, 11) is 0. The Labute approximate surface area is 156 Å². The summed E-state index contributed by atoms with van der Waals surface area (Å²) in [5.74, 6) is 0.830. The first-order chi connectivity index (χ1) is 13.2. The number of aromatic nitrogens is 1. The van der Waals surface area contributed by atoms with Crippen LogP contribution in [0.15, 0.2) is 71.2 Å². The number of rotatable bonds is 6. The van der Waals surface area contributed by atoms with E-state index < -0.39 is 0 Å². The molecule has 0 saturated carbocycles. The third-order valence-corrected chi connectivity index (χ3v) is 4.69. The Balaban J connectivity index is 1.58. The number of nitrogens with zero attached hydrogens (tertiary/aromatic N) is 3. The Kier molecular flexibility index (Phi) is 4.70. The molecular formula is C21H19N3O3. The zero-order valence-electron chi connectivity index (χ0n) is 14.7. The van der Waals surface area contributed by atoms with Crippen molar-refractivity contribution in [1.29, 1.82) is 0 Å². The second-order valence-electron chi connectivity index (χ2n) is 6.57. The van der Waals surface area contributed by atoms with Crippen molar-refractivity contribution in [1.82, 2.24) is 4.98 Å². The van der Waals surface area contributed by atoms with Crippen LogP contribution in [-0.2, 0) is 6.42 Å². The lowest BCUT2D eigenvalue weighted by atomic mass is 9.99. The smallest absolute Gasteiger partial charge is 0.271 e. The van der Waals surface area contributed by atoms with Crippen molar-refractivity contribution >= 4 is 23.3 Å². The third-order valence-electron chi connectivity index (χ3n) is 4.69. The van der Waals surface area contributed by atoms with Crippen molar-refractivity contribution in [2.45, 2.75) is 19.3 Å². The fourth-order valence-corrected chi connectivity index (χ4v) is 3.38. The van der Waals surface area contributed by atoms with Crippen LogP contribution in [0.25, 0.3) is 6.08 Å². The van der Waals surface area contributed by atoms with Gasteiger partial charge >= 0.3 is 0 Å². The maximum Gasteiger partial charge on any atom is 0.271 e. The van der Waals surface area contributed by atoms with E-state index in [9.17, 15) is 10.1 Å². The lowest BCUT2D eigenvalue weighted by Crippen LogP contribution is -2.25. The number of benzene rings is 1. The topological polar surface area (TPSA) is 72.4 Å². The highest BCUT2D eigenvalue weighted by Gasteiger charge is 2.21. The molecule has 1 aliphatic heterocycles. The number of fused-ring (bicyclic) bond motifs is 1. The Morgan fingerprint density at radius 1 is 1.19 bits per heavy atom. The molecule has 0 amide bonds. The SMILES string of the molecule is O=[N+]([O-])c1cccc(N2CC(CCCc3ccoc3)=Cc3cccnc32)c1. The first-order valence-corrected chi connectivity index (χ1v) is 8.88. The Hall–Kier alpha value is -3.41. The van der Waals surface area contributed by atoms with Gasteiger partial charge in [0.25, 0.3) is 5.69 Å². The Morgan fingerprint density at radius 3 is 2.93 bits per heavy atom. The molecule has 136 valence electrons. The van der Waals surface area contributed by atoms with E-state index in [4.69, 9.17) is 4.42 Å². The van der Waals surface area contributed by atoms with Gasteiger partial charge in [0.1, 0.15) is 5.82 Å². The molecule has 3 aromatic rings. The molecule has 6 nitrogen and oxygen atoms in total. The predicted octanol–water partition coefficient (Wildman–Crippen LogP) is 5.14. The highest BCUT2D eigenvalue weighted by Crippen LogP contribution is 2.35. The Bertz CT molecular complexity index is 980. The van der Waals surface area contributed by atoms with Gasteiger partial charge in [-0.15, -0.1) is 0 Å². The molecule has 0 bridgehead atoms. The number of hydrogen-bond acceptors (Lipinski definition) is 5. The van der Waals surface area contributed by atoms with Gasteiger partial charge in [-0.25, -0.2) is 4.98 Å². The van der Waals surface area contributed by atoms with Crippen LogP contribution < -0.4 is 4.90 Å². The van der Waals surface area contributed by atoms with E-state index in [1.54, 1.807) is 30.9 Å². The van der Waals surface area contributed by atoms with Crippen LogP contribution in [0.4, 0.5) is 17.2 Å². The van der Waals surface area contributed by atoms with Gasteiger partial charge in [0.2, 0.25) is 0 Å². The summed E-state index contributed by atoms with van der Waals surface area (Å²) >= 11 is 0. The zero-order chi connectivity index (χ0) is 18.6. The number of aryl methyl sites for hydroxylation is 1.